The van der Waals surface area contributed by atoms with Crippen molar-refractivity contribution >= 4 is 23.2 Å². The van der Waals surface area contributed by atoms with E-state index in [1.165, 1.54) is 11.3 Å². The van der Waals surface area contributed by atoms with Crippen molar-refractivity contribution in [3.05, 3.63) is 74.2 Å². The highest BCUT2D eigenvalue weighted by molar-refractivity contribution is 7.10. The van der Waals surface area contributed by atoms with Crippen LogP contribution in [0, 0.1) is 31.4 Å². The molecule has 2 aromatic heterocycles. The molecule has 1 N–H and O–H groups in total. The number of alkyl halides is 3. The zero-order valence-electron chi connectivity index (χ0n) is 23.4. The lowest BCUT2D eigenvalue weighted by molar-refractivity contribution is -0.151. The summed E-state index contributed by atoms with van der Waals surface area (Å²) in [6.07, 6.45) is -4.31. The number of amides is 1. The Bertz CT molecular complexity index is 1390. The lowest BCUT2D eigenvalue weighted by Gasteiger charge is -2.29. The van der Waals surface area contributed by atoms with Gasteiger partial charge in [-0.2, -0.15) is 18.3 Å². The van der Waals surface area contributed by atoms with Gasteiger partial charge in [-0.15, -0.1) is 11.3 Å². The third-order valence-electron chi connectivity index (χ3n) is 7.48. The number of thiophene rings is 1. The number of aliphatic hydroxyl groups is 1. The van der Waals surface area contributed by atoms with Gasteiger partial charge in [0.2, 0.25) is 0 Å². The van der Waals surface area contributed by atoms with Crippen LogP contribution in [0.15, 0.2) is 29.8 Å². The Balaban J connectivity index is 1.67. The van der Waals surface area contributed by atoms with Crippen LogP contribution in [0.2, 0.25) is 0 Å². The zero-order valence-corrected chi connectivity index (χ0v) is 24.2. The van der Waals surface area contributed by atoms with Crippen molar-refractivity contribution in [2.45, 2.75) is 71.3 Å². The summed E-state index contributed by atoms with van der Waals surface area (Å²) in [5, 5.41) is 16.8. The second-order valence-electron chi connectivity index (χ2n) is 10.5. The number of aromatic nitrogens is 2. The van der Waals surface area contributed by atoms with E-state index in [1.807, 2.05) is 5.38 Å². The van der Waals surface area contributed by atoms with Crippen LogP contribution in [-0.2, 0) is 22.3 Å². The van der Waals surface area contributed by atoms with E-state index < -0.39 is 66.1 Å². The number of benzene rings is 1. The molecule has 13 heteroatoms. The van der Waals surface area contributed by atoms with E-state index >= 15 is 0 Å². The van der Waals surface area contributed by atoms with E-state index in [4.69, 9.17) is 4.74 Å². The molecule has 1 aliphatic carbocycles. The summed E-state index contributed by atoms with van der Waals surface area (Å²) >= 11 is 1.37. The Morgan fingerprint density at radius 3 is 2.33 bits per heavy atom. The molecule has 1 fully saturated rings. The summed E-state index contributed by atoms with van der Waals surface area (Å²) in [6, 6.07) is 1.89. The average Bonchev–Trinajstić information content (AvgIpc) is 3.51. The Kier molecular flexibility index (Phi) is 9.71. The molecular weight excluding hydrogens is 581 g/mol. The van der Waals surface area contributed by atoms with Gasteiger partial charge in [0.15, 0.2) is 5.69 Å². The largest absolute Gasteiger partial charge is 0.466 e. The lowest BCUT2D eigenvalue weighted by Crippen LogP contribution is -2.36. The van der Waals surface area contributed by atoms with Crippen LogP contribution in [-0.4, -0.2) is 44.8 Å². The second kappa shape index (κ2) is 12.9. The fourth-order valence-corrected chi connectivity index (χ4v) is 6.49. The molecule has 0 radical (unpaired) electrons. The van der Waals surface area contributed by atoms with Crippen molar-refractivity contribution in [2.24, 2.45) is 5.92 Å². The first-order valence-electron chi connectivity index (χ1n) is 13.6. The average molecular weight is 614 g/mol. The maximum atomic E-state index is 14.5. The minimum absolute atomic E-state index is 0.00468. The molecular formula is C29H32F5N3O4S. The molecule has 3 aromatic rings. The molecule has 0 aliphatic heterocycles. The maximum absolute atomic E-state index is 14.5. The predicted octanol–water partition coefficient (Wildman–Crippen LogP) is 6.53. The predicted molar refractivity (Wildman–Crippen MR) is 145 cm³/mol. The highest BCUT2D eigenvalue weighted by atomic mass is 32.1. The number of carbonyl (C=O) groups excluding carboxylic acids is 2. The highest BCUT2D eigenvalue weighted by Gasteiger charge is 2.43. The molecule has 1 saturated carbocycles. The van der Waals surface area contributed by atoms with Gasteiger partial charge in [-0.3, -0.25) is 14.3 Å². The number of aryl methyl sites for hydroxylation is 2. The summed E-state index contributed by atoms with van der Waals surface area (Å²) in [6.45, 7) is 4.53. The van der Waals surface area contributed by atoms with E-state index in [9.17, 15) is 36.6 Å². The van der Waals surface area contributed by atoms with E-state index in [2.05, 4.69) is 5.10 Å². The summed E-state index contributed by atoms with van der Waals surface area (Å²) in [5.74, 6) is -3.72. The summed E-state index contributed by atoms with van der Waals surface area (Å²) in [5.41, 5.74) is -0.701. The molecule has 1 amide bonds. The van der Waals surface area contributed by atoms with Crippen LogP contribution in [0.3, 0.4) is 0 Å². The molecule has 1 aromatic carbocycles. The van der Waals surface area contributed by atoms with Gasteiger partial charge in [0, 0.05) is 17.5 Å². The SMILES string of the molecule is CCOC(=O)C1CCC(n2ncc(C(=O)N(Cc3cc(F)cc(F)c3)CC(O)c3c(C)csc3C)c2C(F)(F)F)CC1. The molecule has 7 nitrogen and oxygen atoms in total. The van der Waals surface area contributed by atoms with Crippen LogP contribution in [0.25, 0.3) is 0 Å². The Labute approximate surface area is 243 Å². The van der Waals surface area contributed by atoms with Gasteiger partial charge in [-0.25, -0.2) is 8.78 Å². The molecule has 42 heavy (non-hydrogen) atoms. The molecule has 1 aliphatic rings. The maximum Gasteiger partial charge on any atom is 0.433 e. The van der Waals surface area contributed by atoms with Gasteiger partial charge in [-0.05, 0) is 80.7 Å². The molecule has 1 atom stereocenters. The number of hydrogen-bond acceptors (Lipinski definition) is 6. The number of rotatable bonds is 9. The third-order valence-corrected chi connectivity index (χ3v) is 8.53. The summed E-state index contributed by atoms with van der Waals surface area (Å²) < 4.78 is 77.2. The Hall–Kier alpha value is -3.32. The number of ether oxygens (including phenoxy) is 1. The third kappa shape index (κ3) is 7.00. The molecule has 4 rings (SSSR count). The number of halogens is 5. The minimum atomic E-state index is -4.96. The van der Waals surface area contributed by atoms with Crippen molar-refractivity contribution in [1.29, 1.82) is 0 Å². The molecule has 228 valence electrons. The zero-order chi connectivity index (χ0) is 30.8. The van der Waals surface area contributed by atoms with E-state index in [0.717, 1.165) is 38.4 Å². The van der Waals surface area contributed by atoms with Gasteiger partial charge >= 0.3 is 12.1 Å². The Morgan fingerprint density at radius 1 is 1.14 bits per heavy atom. The molecule has 0 spiro atoms. The molecule has 1 unspecified atom stereocenters. The van der Waals surface area contributed by atoms with Crippen LogP contribution < -0.4 is 0 Å². The van der Waals surface area contributed by atoms with Crippen molar-refractivity contribution in [3.8, 4) is 0 Å². The van der Waals surface area contributed by atoms with Crippen LogP contribution >= 0.6 is 11.3 Å². The summed E-state index contributed by atoms with van der Waals surface area (Å²) in [7, 11) is 0. The smallest absolute Gasteiger partial charge is 0.433 e. The van der Waals surface area contributed by atoms with E-state index in [-0.39, 0.29) is 31.0 Å². The molecule has 0 bridgehead atoms. The molecule has 0 saturated heterocycles. The lowest BCUT2D eigenvalue weighted by atomic mass is 9.86. The standard InChI is InChI=1S/C29H32F5N3O4S/c1-4-41-28(40)19-5-7-22(8-6-19)37-26(29(32,33)34)23(12-35-37)27(39)36(13-18-9-20(30)11-21(31)10-18)14-24(38)25-16(2)15-42-17(25)3/h9-12,15,19,22,24,38H,4-8,13-14H2,1-3H3. The topological polar surface area (TPSA) is 84.7 Å². The van der Waals surface area contributed by atoms with Gasteiger partial charge in [0.05, 0.1) is 43.0 Å². The highest BCUT2D eigenvalue weighted by Crippen LogP contribution is 2.39. The normalized spacial score (nSPS) is 18.1. The van der Waals surface area contributed by atoms with Crippen LogP contribution in [0.5, 0.6) is 0 Å². The summed E-state index contributed by atoms with van der Waals surface area (Å²) in [4.78, 5) is 27.6. The van der Waals surface area contributed by atoms with E-state index in [0.29, 0.717) is 24.5 Å². The van der Waals surface area contributed by atoms with Crippen LogP contribution in [0.1, 0.15) is 82.4 Å². The number of esters is 1. The van der Waals surface area contributed by atoms with Gasteiger partial charge < -0.3 is 14.7 Å². The first-order chi connectivity index (χ1) is 19.8. The first kappa shape index (κ1) is 31.6. The van der Waals surface area contributed by atoms with Crippen molar-refractivity contribution in [1.82, 2.24) is 14.7 Å². The number of nitrogens with zero attached hydrogens (tertiary/aromatic N) is 3. The van der Waals surface area contributed by atoms with Crippen molar-refractivity contribution in [3.63, 3.8) is 0 Å². The van der Waals surface area contributed by atoms with Crippen LogP contribution in [0.4, 0.5) is 22.0 Å². The van der Waals surface area contributed by atoms with Gasteiger partial charge in [-0.1, -0.05) is 0 Å². The van der Waals surface area contributed by atoms with Crippen molar-refractivity contribution < 1.29 is 41.4 Å². The number of hydrogen-bond donors (Lipinski definition) is 1. The first-order valence-corrected chi connectivity index (χ1v) is 14.5. The van der Waals surface area contributed by atoms with Crippen molar-refractivity contribution in [2.75, 3.05) is 13.2 Å². The van der Waals surface area contributed by atoms with Gasteiger partial charge in [0.25, 0.3) is 5.91 Å². The number of aliphatic hydroxyl groups excluding tert-OH is 1. The Morgan fingerprint density at radius 2 is 1.79 bits per heavy atom. The monoisotopic (exact) mass is 613 g/mol. The quantitative estimate of drug-likeness (QED) is 0.219. The fourth-order valence-electron chi connectivity index (χ4n) is 5.59. The molecule has 2 heterocycles. The second-order valence-corrected chi connectivity index (χ2v) is 11.6. The number of carbonyl (C=O) groups is 2. The minimum Gasteiger partial charge on any atom is -0.466 e. The van der Waals surface area contributed by atoms with E-state index in [1.54, 1.807) is 20.8 Å². The fraction of sp³-hybridized carbons (Fsp3) is 0.483. The van der Waals surface area contributed by atoms with Gasteiger partial charge in [0.1, 0.15) is 11.6 Å².